The zero-order valence-corrected chi connectivity index (χ0v) is 65.2. The van der Waals surface area contributed by atoms with E-state index in [1.54, 1.807) is 0 Å². The summed E-state index contributed by atoms with van der Waals surface area (Å²) >= 11 is 0. The molecule has 0 aromatic rings. The second-order valence-corrected chi connectivity index (χ2v) is 32.0. The van der Waals surface area contributed by atoms with Gasteiger partial charge >= 0.3 is 39.5 Å². The first-order chi connectivity index (χ1) is 46.9. The van der Waals surface area contributed by atoms with Gasteiger partial charge in [0.2, 0.25) is 0 Å². The van der Waals surface area contributed by atoms with Crippen molar-refractivity contribution >= 4 is 39.5 Å². The predicted molar refractivity (Wildman–Crippen MR) is 395 cm³/mol. The minimum atomic E-state index is -4.96. The molecule has 3 N–H and O–H groups in total. The molecule has 0 heterocycles. The first-order valence-corrected chi connectivity index (χ1v) is 43.5. The Morgan fingerprint density at radius 2 is 0.474 bits per heavy atom. The van der Waals surface area contributed by atoms with E-state index in [2.05, 4.69) is 41.5 Å². The molecule has 5 atom stereocenters. The molecule has 0 fully saturated rings. The molecule has 2 unspecified atom stereocenters. The number of unbranched alkanes of at least 4 members (excludes halogenated alkanes) is 47. The highest BCUT2D eigenvalue weighted by Gasteiger charge is 2.30. The van der Waals surface area contributed by atoms with E-state index in [1.165, 1.54) is 225 Å². The summed E-state index contributed by atoms with van der Waals surface area (Å²) in [6.07, 6.45) is 58.4. The lowest BCUT2D eigenvalue weighted by molar-refractivity contribution is -0.161. The average Bonchev–Trinajstić information content (AvgIpc) is 1.17. The third-order valence-electron chi connectivity index (χ3n) is 18.2. The van der Waals surface area contributed by atoms with E-state index in [4.69, 9.17) is 37.0 Å². The molecule has 0 aromatic heterocycles. The number of aliphatic hydroxyl groups is 1. The van der Waals surface area contributed by atoms with Gasteiger partial charge in [0.1, 0.15) is 19.3 Å². The normalized spacial score (nSPS) is 14.0. The van der Waals surface area contributed by atoms with Gasteiger partial charge in [-0.2, -0.15) is 0 Å². The summed E-state index contributed by atoms with van der Waals surface area (Å²) in [7, 11) is -9.91. The molecule has 0 rings (SSSR count). The van der Waals surface area contributed by atoms with Crippen LogP contribution in [0.4, 0.5) is 0 Å². The lowest BCUT2D eigenvalue weighted by atomic mass is 10.0. The third kappa shape index (κ3) is 72.2. The Balaban J connectivity index is 5.21. The lowest BCUT2D eigenvalue weighted by Crippen LogP contribution is -2.30. The first-order valence-electron chi connectivity index (χ1n) is 40.5. The quantitative estimate of drug-likeness (QED) is 0.0222. The summed E-state index contributed by atoms with van der Waals surface area (Å²) < 4.78 is 68.6. The van der Waals surface area contributed by atoms with Crippen molar-refractivity contribution in [2.45, 2.75) is 426 Å². The minimum Gasteiger partial charge on any atom is -0.462 e. The van der Waals surface area contributed by atoms with E-state index in [0.29, 0.717) is 25.7 Å². The van der Waals surface area contributed by atoms with Gasteiger partial charge in [-0.05, 0) is 37.5 Å². The summed E-state index contributed by atoms with van der Waals surface area (Å²) in [4.78, 5) is 72.9. The molecular formula is C78H152O17P2. The Kier molecular flexibility index (Phi) is 68.4. The molecule has 0 aliphatic carbocycles. The van der Waals surface area contributed by atoms with Crippen LogP contribution in [-0.4, -0.2) is 96.7 Å². The molecule has 576 valence electrons. The maximum Gasteiger partial charge on any atom is 0.472 e. The molecule has 0 aliphatic rings. The van der Waals surface area contributed by atoms with E-state index in [0.717, 1.165) is 102 Å². The van der Waals surface area contributed by atoms with Crippen molar-refractivity contribution in [1.29, 1.82) is 0 Å². The van der Waals surface area contributed by atoms with Gasteiger partial charge in [0.25, 0.3) is 0 Å². The number of carbonyl (C=O) groups is 4. The maximum absolute atomic E-state index is 13.1. The van der Waals surface area contributed by atoms with Gasteiger partial charge in [-0.3, -0.25) is 37.3 Å². The van der Waals surface area contributed by atoms with Crippen LogP contribution in [0.2, 0.25) is 0 Å². The second-order valence-electron chi connectivity index (χ2n) is 29.1. The van der Waals surface area contributed by atoms with Crippen LogP contribution in [0.1, 0.15) is 408 Å². The smallest absolute Gasteiger partial charge is 0.462 e. The Morgan fingerprint density at radius 3 is 0.701 bits per heavy atom. The summed E-state index contributed by atoms with van der Waals surface area (Å²) in [5.74, 6) is -0.652. The minimum absolute atomic E-state index is 0.105. The van der Waals surface area contributed by atoms with Gasteiger partial charge < -0.3 is 33.8 Å². The number of hydrogen-bond donors (Lipinski definition) is 3. The maximum atomic E-state index is 13.1. The van der Waals surface area contributed by atoms with Crippen molar-refractivity contribution < 1.29 is 80.2 Å². The zero-order valence-electron chi connectivity index (χ0n) is 63.4. The molecule has 0 spiro atoms. The number of hydrogen-bond acceptors (Lipinski definition) is 15. The van der Waals surface area contributed by atoms with Crippen molar-refractivity contribution in [3.63, 3.8) is 0 Å². The summed E-state index contributed by atoms with van der Waals surface area (Å²) in [6, 6.07) is 0. The van der Waals surface area contributed by atoms with Crippen LogP contribution in [0.5, 0.6) is 0 Å². The molecule has 0 saturated carbocycles. The van der Waals surface area contributed by atoms with E-state index in [9.17, 15) is 43.2 Å². The lowest BCUT2D eigenvalue weighted by Gasteiger charge is -2.21. The SMILES string of the molecule is CCCCCCCCCCCCCCCCCCCCCCCC(=O)O[C@H](COC(=O)CCCCCCCCCCCCCCC)COP(=O)(O)OC[C@@H](O)COP(=O)(O)OC[C@@H](COC(=O)CCCCCCCCCCC(C)C)OC(=O)CCCCCCCCCCCC(C)C. The first kappa shape index (κ1) is 95.1. The summed E-state index contributed by atoms with van der Waals surface area (Å²) in [5.41, 5.74) is 0. The highest BCUT2D eigenvalue weighted by atomic mass is 31.2. The van der Waals surface area contributed by atoms with Gasteiger partial charge in [-0.25, -0.2) is 9.13 Å². The molecule has 0 radical (unpaired) electrons. The molecule has 17 nitrogen and oxygen atoms in total. The fraction of sp³-hybridized carbons (Fsp3) is 0.949. The molecule has 19 heteroatoms. The monoisotopic (exact) mass is 1420 g/mol. The van der Waals surface area contributed by atoms with E-state index in [-0.39, 0.29) is 25.7 Å². The number of rotatable bonds is 77. The molecule has 0 aliphatic heterocycles. The number of carbonyl (C=O) groups excluding carboxylic acids is 4. The van der Waals surface area contributed by atoms with Crippen LogP contribution in [0.3, 0.4) is 0 Å². The van der Waals surface area contributed by atoms with E-state index in [1.807, 2.05) is 0 Å². The van der Waals surface area contributed by atoms with Crippen LogP contribution in [0, 0.1) is 11.8 Å². The molecular weight excluding hydrogens is 1270 g/mol. The van der Waals surface area contributed by atoms with Crippen LogP contribution in [0.15, 0.2) is 0 Å². The van der Waals surface area contributed by atoms with Gasteiger partial charge in [-0.15, -0.1) is 0 Å². The van der Waals surface area contributed by atoms with Crippen LogP contribution < -0.4 is 0 Å². The molecule has 97 heavy (non-hydrogen) atoms. The topological polar surface area (TPSA) is 237 Å². The van der Waals surface area contributed by atoms with E-state index >= 15 is 0 Å². The molecule has 0 aromatic carbocycles. The standard InChI is InChI=1S/C78H152O17P2/c1-7-9-11-13-15-17-19-21-22-23-24-25-26-27-28-30-32-36-44-50-56-62-77(82)94-73(66-88-75(80)60-54-48-42-35-31-29-20-18-16-14-12-10-8-2)68-92-96(84,85)90-64-72(79)65-91-97(86,87)93-69-74(67-89-76(81)61-55-49-43-39-38-41-47-53-59-71(5)6)95-78(83)63-57-51-45-37-33-34-40-46-52-58-70(3)4/h70-74,79H,7-69H2,1-6H3,(H,84,85)(H,86,87)/t72-,73-,74-/m1/s1. The van der Waals surface area contributed by atoms with Gasteiger partial charge in [-0.1, -0.05) is 356 Å². The number of ether oxygens (including phenoxy) is 4. The van der Waals surface area contributed by atoms with Crippen LogP contribution in [-0.2, 0) is 65.4 Å². The van der Waals surface area contributed by atoms with Crippen molar-refractivity contribution in [2.24, 2.45) is 11.8 Å². The highest BCUT2D eigenvalue weighted by molar-refractivity contribution is 7.47. The zero-order chi connectivity index (χ0) is 71.4. The number of esters is 4. The van der Waals surface area contributed by atoms with Crippen molar-refractivity contribution in [1.82, 2.24) is 0 Å². The Morgan fingerprint density at radius 1 is 0.278 bits per heavy atom. The number of aliphatic hydroxyl groups excluding tert-OH is 1. The molecule has 0 bridgehead atoms. The summed E-state index contributed by atoms with van der Waals surface area (Å²) in [5, 5.41) is 10.6. The van der Waals surface area contributed by atoms with Gasteiger partial charge in [0.05, 0.1) is 26.4 Å². The third-order valence-corrected chi connectivity index (χ3v) is 20.1. The highest BCUT2D eigenvalue weighted by Crippen LogP contribution is 2.45. The van der Waals surface area contributed by atoms with Crippen molar-refractivity contribution in [3.8, 4) is 0 Å². The number of phosphoric acid groups is 2. The Hall–Kier alpha value is -1.94. The van der Waals surface area contributed by atoms with Crippen LogP contribution in [0.25, 0.3) is 0 Å². The average molecular weight is 1420 g/mol. The Bertz CT molecular complexity index is 1870. The van der Waals surface area contributed by atoms with Crippen LogP contribution >= 0.6 is 15.6 Å². The second kappa shape index (κ2) is 69.8. The number of phosphoric ester groups is 2. The fourth-order valence-corrected chi connectivity index (χ4v) is 13.6. The van der Waals surface area contributed by atoms with Crippen molar-refractivity contribution in [2.75, 3.05) is 39.6 Å². The van der Waals surface area contributed by atoms with Gasteiger partial charge in [0.15, 0.2) is 12.2 Å². The summed E-state index contributed by atoms with van der Waals surface area (Å²) in [6.45, 7) is 9.55. The largest absolute Gasteiger partial charge is 0.472 e. The molecule has 0 saturated heterocycles. The van der Waals surface area contributed by atoms with Gasteiger partial charge in [0, 0.05) is 25.7 Å². The fourth-order valence-electron chi connectivity index (χ4n) is 12.0. The van der Waals surface area contributed by atoms with E-state index < -0.39 is 97.5 Å². The predicted octanol–water partition coefficient (Wildman–Crippen LogP) is 23.1. The van der Waals surface area contributed by atoms with Crippen molar-refractivity contribution in [3.05, 3.63) is 0 Å². The Labute approximate surface area is 594 Å². The molecule has 0 amide bonds.